The number of hydrogen-bond acceptors (Lipinski definition) is 8. The summed E-state index contributed by atoms with van der Waals surface area (Å²) in [5.41, 5.74) is 0.545. The van der Waals surface area contributed by atoms with E-state index in [0.29, 0.717) is 11.1 Å². The summed E-state index contributed by atoms with van der Waals surface area (Å²) in [6.45, 7) is -0.0884. The summed E-state index contributed by atoms with van der Waals surface area (Å²) in [6, 6.07) is 15.6. The molecule has 0 saturated carbocycles. The van der Waals surface area contributed by atoms with Gasteiger partial charge in [0.05, 0.1) is 33.6 Å². The molecule has 1 atom stereocenters. The van der Waals surface area contributed by atoms with Gasteiger partial charge in [-0.05, 0) is 60.5 Å². The van der Waals surface area contributed by atoms with Gasteiger partial charge >= 0.3 is 0 Å². The minimum Gasteiger partial charge on any atom is -0.326 e. The Kier molecular flexibility index (Phi) is 7.96. The molecule has 0 radical (unpaired) electrons. The molecule has 1 unspecified atom stereocenters. The Labute approximate surface area is 233 Å². The summed E-state index contributed by atoms with van der Waals surface area (Å²) in [7, 11) is -3.91. The van der Waals surface area contributed by atoms with Crippen LogP contribution in [0.15, 0.2) is 71.6 Å². The normalized spacial score (nSPS) is 15.1. The average molecular weight is 582 g/mol. The number of imide groups is 1. The van der Waals surface area contributed by atoms with E-state index in [-0.39, 0.29) is 40.6 Å². The third-order valence-electron chi connectivity index (χ3n) is 6.30. The first kappa shape index (κ1) is 28.4. The first-order valence-corrected chi connectivity index (χ1v) is 13.6. The van der Waals surface area contributed by atoms with Gasteiger partial charge in [-0.2, -0.15) is 5.26 Å². The van der Waals surface area contributed by atoms with E-state index in [1.807, 2.05) is 6.07 Å². The van der Waals surface area contributed by atoms with E-state index >= 15 is 0 Å². The third-order valence-corrected chi connectivity index (χ3v) is 7.55. The molecular formula is C26H20ClN5O7S. The Morgan fingerprint density at radius 2 is 1.77 bits per heavy atom. The van der Waals surface area contributed by atoms with Gasteiger partial charge in [0.2, 0.25) is 15.9 Å². The van der Waals surface area contributed by atoms with Crippen LogP contribution in [0.1, 0.15) is 27.9 Å². The second-order valence-corrected chi connectivity index (χ2v) is 10.8. The molecule has 1 saturated heterocycles. The number of hydrogen-bond donors (Lipinski definition) is 1. The van der Waals surface area contributed by atoms with Crippen LogP contribution in [0.5, 0.6) is 0 Å². The number of nitrogens with two attached hydrogens (primary N) is 1. The Hall–Kier alpha value is -4.64. The summed E-state index contributed by atoms with van der Waals surface area (Å²) in [5.74, 6) is -2.00. The largest absolute Gasteiger partial charge is 0.326 e. The molecule has 1 aliphatic heterocycles. The number of primary sulfonamides is 1. The first-order valence-electron chi connectivity index (χ1n) is 11.6. The highest BCUT2D eigenvalue weighted by molar-refractivity contribution is 7.89. The lowest BCUT2D eigenvalue weighted by Crippen LogP contribution is -2.46. The zero-order valence-electron chi connectivity index (χ0n) is 20.6. The Balaban J connectivity index is 1.67. The Bertz CT molecular complexity index is 1670. The highest BCUT2D eigenvalue weighted by atomic mass is 35.5. The molecule has 0 spiro atoms. The maximum absolute atomic E-state index is 13.7. The fraction of sp³-hybridized carbons (Fsp3) is 0.154. The molecule has 4 rings (SSSR count). The number of nitro benzene ring substituents is 1. The number of carbonyl (C=O) groups is 3. The molecule has 40 heavy (non-hydrogen) atoms. The minimum atomic E-state index is -3.91. The van der Waals surface area contributed by atoms with Crippen molar-refractivity contribution in [3.63, 3.8) is 0 Å². The van der Waals surface area contributed by atoms with Crippen LogP contribution >= 0.6 is 11.6 Å². The molecule has 0 aliphatic carbocycles. The molecule has 3 amide bonds. The lowest BCUT2D eigenvalue weighted by Gasteiger charge is -2.28. The topological polar surface area (TPSA) is 185 Å². The highest BCUT2D eigenvalue weighted by Crippen LogP contribution is 2.30. The lowest BCUT2D eigenvalue weighted by atomic mass is 10.1. The number of nitrogens with zero attached hydrogens (tertiary/aromatic N) is 4. The van der Waals surface area contributed by atoms with Crippen LogP contribution in [-0.2, 0) is 26.0 Å². The van der Waals surface area contributed by atoms with E-state index in [4.69, 9.17) is 22.0 Å². The van der Waals surface area contributed by atoms with Crippen molar-refractivity contribution in [2.24, 2.45) is 5.14 Å². The van der Waals surface area contributed by atoms with Gasteiger partial charge in [0.1, 0.15) is 11.1 Å². The SMILES string of the molecule is N#Cc1ccc(N2C(=O)CC(N(CCc3ccc(S(N)(=O)=O)cc3)C(=O)c3ccc(Cl)c([N+](=O)[O-])c3)C2=O)cc1. The Morgan fingerprint density at radius 1 is 1.12 bits per heavy atom. The number of halogens is 1. The van der Waals surface area contributed by atoms with E-state index in [1.54, 1.807) is 0 Å². The average Bonchev–Trinajstić information content (AvgIpc) is 3.21. The van der Waals surface area contributed by atoms with E-state index in [2.05, 4.69) is 0 Å². The molecule has 204 valence electrons. The van der Waals surface area contributed by atoms with Gasteiger partial charge in [0, 0.05) is 18.2 Å². The smallest absolute Gasteiger partial charge is 0.288 e. The molecule has 2 N–H and O–H groups in total. The second-order valence-electron chi connectivity index (χ2n) is 8.81. The van der Waals surface area contributed by atoms with Crippen molar-refractivity contribution in [1.82, 2.24) is 4.90 Å². The first-order chi connectivity index (χ1) is 18.9. The summed E-state index contributed by atoms with van der Waals surface area (Å²) in [5, 5.41) is 25.4. The van der Waals surface area contributed by atoms with Crippen LogP contribution in [0, 0.1) is 21.4 Å². The van der Waals surface area contributed by atoms with E-state index < -0.39 is 44.4 Å². The summed E-state index contributed by atoms with van der Waals surface area (Å²) in [6.07, 6.45) is -0.189. The van der Waals surface area contributed by atoms with Crippen molar-refractivity contribution in [1.29, 1.82) is 5.26 Å². The molecule has 1 fully saturated rings. The molecule has 0 bridgehead atoms. The van der Waals surface area contributed by atoms with Gasteiger partial charge < -0.3 is 4.90 Å². The van der Waals surface area contributed by atoms with Crippen LogP contribution < -0.4 is 10.0 Å². The Morgan fingerprint density at radius 3 is 2.35 bits per heavy atom. The van der Waals surface area contributed by atoms with Gasteiger partial charge in [-0.1, -0.05) is 23.7 Å². The number of nitro groups is 1. The van der Waals surface area contributed by atoms with Gasteiger partial charge in [-0.3, -0.25) is 24.5 Å². The van der Waals surface area contributed by atoms with Crippen LogP contribution in [0.3, 0.4) is 0 Å². The van der Waals surface area contributed by atoms with E-state index in [9.17, 15) is 32.9 Å². The molecule has 3 aromatic carbocycles. The molecule has 12 nitrogen and oxygen atoms in total. The number of carbonyl (C=O) groups excluding carboxylic acids is 3. The number of anilines is 1. The number of sulfonamides is 1. The standard InChI is InChI=1S/C26H20ClN5O7S/c27-21-10-5-18(13-22(21)32(36)37)25(34)30(12-11-16-3-8-20(9-4-16)40(29,38)39)23-14-24(33)31(26(23)35)19-6-1-17(15-28)2-7-19/h1-10,13,23H,11-12,14H2,(H2,29,38,39). The highest BCUT2D eigenvalue weighted by Gasteiger charge is 2.44. The molecular weight excluding hydrogens is 562 g/mol. The predicted octanol–water partition coefficient (Wildman–Crippen LogP) is 2.78. The van der Waals surface area contributed by atoms with E-state index in [1.165, 1.54) is 60.7 Å². The zero-order valence-corrected chi connectivity index (χ0v) is 22.1. The zero-order chi connectivity index (χ0) is 29.2. The third kappa shape index (κ3) is 5.84. The second kappa shape index (κ2) is 11.2. The fourth-order valence-corrected chi connectivity index (χ4v) is 4.96. The molecule has 3 aromatic rings. The monoisotopic (exact) mass is 581 g/mol. The number of rotatable bonds is 8. The van der Waals surface area contributed by atoms with Crippen molar-refractivity contribution in [2.75, 3.05) is 11.4 Å². The van der Waals surface area contributed by atoms with Crippen LogP contribution in [0.4, 0.5) is 11.4 Å². The van der Waals surface area contributed by atoms with Gasteiger partial charge in [0.15, 0.2) is 0 Å². The summed E-state index contributed by atoms with van der Waals surface area (Å²) in [4.78, 5) is 52.7. The number of nitriles is 1. The van der Waals surface area contributed by atoms with Gasteiger partial charge in [0.25, 0.3) is 17.5 Å². The van der Waals surface area contributed by atoms with Crippen LogP contribution in [0.2, 0.25) is 5.02 Å². The molecule has 1 heterocycles. The number of benzene rings is 3. The predicted molar refractivity (Wildman–Crippen MR) is 143 cm³/mol. The molecule has 14 heteroatoms. The van der Waals surface area contributed by atoms with Crippen molar-refractivity contribution < 1.29 is 27.7 Å². The minimum absolute atomic E-state index is 0.0884. The maximum Gasteiger partial charge on any atom is 0.288 e. The summed E-state index contributed by atoms with van der Waals surface area (Å²) >= 11 is 5.90. The fourth-order valence-electron chi connectivity index (χ4n) is 4.26. The van der Waals surface area contributed by atoms with Crippen LogP contribution in [0.25, 0.3) is 0 Å². The van der Waals surface area contributed by atoms with Crippen molar-refractivity contribution in [3.05, 3.63) is 98.6 Å². The molecule has 1 aliphatic rings. The van der Waals surface area contributed by atoms with Crippen molar-refractivity contribution >= 4 is 50.7 Å². The maximum atomic E-state index is 13.7. The van der Waals surface area contributed by atoms with Gasteiger partial charge in [-0.15, -0.1) is 0 Å². The van der Waals surface area contributed by atoms with Gasteiger partial charge in [-0.25, -0.2) is 18.5 Å². The van der Waals surface area contributed by atoms with Crippen molar-refractivity contribution in [3.8, 4) is 6.07 Å². The van der Waals surface area contributed by atoms with Crippen LogP contribution in [-0.4, -0.2) is 48.5 Å². The molecule has 0 aromatic heterocycles. The quantitative estimate of drug-likeness (QED) is 0.239. The van der Waals surface area contributed by atoms with E-state index in [0.717, 1.165) is 15.9 Å². The van der Waals surface area contributed by atoms with Crippen molar-refractivity contribution in [2.45, 2.75) is 23.8 Å². The number of amides is 3. The summed E-state index contributed by atoms with van der Waals surface area (Å²) < 4.78 is 23.1. The lowest BCUT2D eigenvalue weighted by molar-refractivity contribution is -0.384.